The molecule has 4 bridgehead atoms. The molecular formula is C28H31N5O3. The molecule has 186 valence electrons. The third-order valence-corrected chi connectivity index (χ3v) is 7.86. The fourth-order valence-corrected chi connectivity index (χ4v) is 6.20. The summed E-state index contributed by atoms with van der Waals surface area (Å²) in [6, 6.07) is 15.9. The molecule has 1 saturated heterocycles. The van der Waals surface area contributed by atoms with Crippen LogP contribution >= 0.6 is 0 Å². The second kappa shape index (κ2) is 8.78. The molecule has 36 heavy (non-hydrogen) atoms. The minimum Gasteiger partial charge on any atom is -0.494 e. The summed E-state index contributed by atoms with van der Waals surface area (Å²) >= 11 is 0. The van der Waals surface area contributed by atoms with Crippen molar-refractivity contribution in [2.75, 3.05) is 38.2 Å². The maximum Gasteiger partial charge on any atom is 0.242 e. The van der Waals surface area contributed by atoms with Crippen molar-refractivity contribution in [3.8, 4) is 5.75 Å². The second-order valence-corrected chi connectivity index (χ2v) is 10.1. The first-order valence-electron chi connectivity index (χ1n) is 12.6. The molecule has 2 amide bonds. The van der Waals surface area contributed by atoms with Gasteiger partial charge >= 0.3 is 0 Å². The summed E-state index contributed by atoms with van der Waals surface area (Å²) in [7, 11) is 1.80. The van der Waals surface area contributed by atoms with Crippen LogP contribution < -0.4 is 9.64 Å². The molecule has 1 N–H and O–H groups in total. The number of aromatic nitrogens is 2. The lowest BCUT2D eigenvalue weighted by Gasteiger charge is -2.35. The van der Waals surface area contributed by atoms with E-state index in [0.717, 1.165) is 47.0 Å². The van der Waals surface area contributed by atoms with Gasteiger partial charge in [-0.3, -0.25) is 14.5 Å². The van der Waals surface area contributed by atoms with E-state index < -0.39 is 5.41 Å². The normalized spacial score (nSPS) is 24.3. The second-order valence-electron chi connectivity index (χ2n) is 10.1. The van der Waals surface area contributed by atoms with Crippen LogP contribution in [0.15, 0.2) is 54.7 Å². The number of nitrogens with one attached hydrogen (secondary N) is 1. The topological polar surface area (TPSA) is 81.8 Å². The van der Waals surface area contributed by atoms with Crippen LogP contribution in [-0.2, 0) is 21.5 Å². The van der Waals surface area contributed by atoms with E-state index in [2.05, 4.69) is 33.1 Å². The quantitative estimate of drug-likeness (QED) is 0.603. The van der Waals surface area contributed by atoms with E-state index in [1.807, 2.05) is 43.5 Å². The first-order valence-corrected chi connectivity index (χ1v) is 12.6. The zero-order chi connectivity index (χ0) is 24.9. The van der Waals surface area contributed by atoms with Gasteiger partial charge in [0.15, 0.2) is 0 Å². The standard InChI is InChI=1S/C28H31N5O3/c1-19-29-16-21(30-19)17-32-13-11-28-23-9-3-4-10-24(23)33(27(28)35)18-25(34)31(2)12-6-14-36-22-8-5-7-20(15-22)26(28)32/h3-5,7-10,15-16,26H,6,11-14,17-18H2,1-2H3,(H,29,30)/t26-,28+/m0/s1. The molecule has 0 aliphatic carbocycles. The number of rotatable bonds is 2. The zero-order valence-corrected chi connectivity index (χ0v) is 20.7. The van der Waals surface area contributed by atoms with Gasteiger partial charge in [0.25, 0.3) is 0 Å². The predicted molar refractivity (Wildman–Crippen MR) is 136 cm³/mol. The van der Waals surface area contributed by atoms with Gasteiger partial charge in [-0.05, 0) is 49.1 Å². The molecule has 0 saturated carbocycles. The highest BCUT2D eigenvalue weighted by Crippen LogP contribution is 2.57. The number of carbonyl (C=O) groups excluding carboxylic acids is 2. The van der Waals surface area contributed by atoms with E-state index in [9.17, 15) is 9.59 Å². The van der Waals surface area contributed by atoms with E-state index in [-0.39, 0.29) is 24.4 Å². The van der Waals surface area contributed by atoms with Crippen LogP contribution in [0.2, 0.25) is 0 Å². The number of likely N-dealkylation sites (tertiary alicyclic amines) is 1. The summed E-state index contributed by atoms with van der Waals surface area (Å²) in [4.78, 5) is 41.1. The number of likely N-dealkylation sites (N-methyl/N-ethyl adjacent to an activating group) is 1. The largest absolute Gasteiger partial charge is 0.494 e. The average molecular weight is 486 g/mol. The summed E-state index contributed by atoms with van der Waals surface area (Å²) in [5.74, 6) is 1.59. The summed E-state index contributed by atoms with van der Waals surface area (Å²) in [6.07, 6.45) is 3.26. The number of nitrogens with zero attached hydrogens (tertiary/aromatic N) is 4. The van der Waals surface area contributed by atoms with Crippen LogP contribution in [-0.4, -0.2) is 64.9 Å². The molecule has 1 fully saturated rings. The Balaban J connectivity index is 1.52. The Morgan fingerprint density at radius 2 is 2.00 bits per heavy atom. The molecule has 4 heterocycles. The first kappa shape index (κ1) is 22.8. The van der Waals surface area contributed by atoms with Crippen molar-refractivity contribution in [1.82, 2.24) is 19.8 Å². The van der Waals surface area contributed by atoms with Gasteiger partial charge in [0.05, 0.1) is 18.1 Å². The predicted octanol–water partition coefficient (Wildman–Crippen LogP) is 3.19. The van der Waals surface area contributed by atoms with Gasteiger partial charge in [0.1, 0.15) is 18.1 Å². The lowest BCUT2D eigenvalue weighted by molar-refractivity contribution is -0.131. The van der Waals surface area contributed by atoms with Crippen LogP contribution in [0.1, 0.15) is 41.5 Å². The molecule has 1 aromatic heterocycles. The number of anilines is 1. The SMILES string of the molecule is Cc1ncc(CN2CC[C@]34C(=O)N(CC(=O)N(C)CCCOc5cccc(c5)[C@H]23)c2ccccc24)[nH]1. The van der Waals surface area contributed by atoms with Crippen molar-refractivity contribution >= 4 is 17.5 Å². The van der Waals surface area contributed by atoms with Crippen molar-refractivity contribution in [3.63, 3.8) is 0 Å². The lowest BCUT2D eigenvalue weighted by Crippen LogP contribution is -2.47. The van der Waals surface area contributed by atoms with Crippen molar-refractivity contribution < 1.29 is 14.3 Å². The molecule has 3 aromatic rings. The van der Waals surface area contributed by atoms with E-state index >= 15 is 0 Å². The number of carbonyl (C=O) groups is 2. The van der Waals surface area contributed by atoms with Crippen LogP contribution in [0, 0.1) is 6.92 Å². The van der Waals surface area contributed by atoms with Gasteiger partial charge in [-0.1, -0.05) is 30.3 Å². The third-order valence-electron chi connectivity index (χ3n) is 7.86. The third kappa shape index (κ3) is 3.59. The molecule has 2 atom stereocenters. The molecule has 0 unspecified atom stereocenters. The van der Waals surface area contributed by atoms with Crippen molar-refractivity contribution in [2.45, 2.75) is 37.8 Å². The minimum atomic E-state index is -0.784. The Kier molecular flexibility index (Phi) is 5.56. The molecule has 3 aliphatic rings. The van der Waals surface area contributed by atoms with Crippen molar-refractivity contribution in [1.29, 1.82) is 0 Å². The number of ether oxygens (including phenoxy) is 1. The number of para-hydroxylation sites is 1. The van der Waals surface area contributed by atoms with Crippen LogP contribution in [0.25, 0.3) is 0 Å². The molecule has 2 aromatic carbocycles. The maximum atomic E-state index is 14.5. The molecule has 8 heteroatoms. The molecule has 0 radical (unpaired) electrons. The number of hydrogen-bond acceptors (Lipinski definition) is 5. The summed E-state index contributed by atoms with van der Waals surface area (Å²) in [6.45, 7) is 4.48. The molecular weight excluding hydrogens is 454 g/mol. The number of amides is 2. The fourth-order valence-electron chi connectivity index (χ4n) is 6.20. The molecule has 8 nitrogen and oxygen atoms in total. The maximum absolute atomic E-state index is 14.5. The van der Waals surface area contributed by atoms with Gasteiger partial charge < -0.3 is 19.5 Å². The minimum absolute atomic E-state index is 0.00196. The summed E-state index contributed by atoms with van der Waals surface area (Å²) in [5.41, 5.74) is 3.12. The van der Waals surface area contributed by atoms with E-state index in [1.165, 1.54) is 0 Å². The van der Waals surface area contributed by atoms with Gasteiger partial charge in [0.2, 0.25) is 11.8 Å². The number of aryl methyl sites for hydroxylation is 1. The molecule has 1 spiro atoms. The number of aromatic amines is 1. The number of benzene rings is 2. The lowest BCUT2D eigenvalue weighted by atomic mass is 9.72. The van der Waals surface area contributed by atoms with Gasteiger partial charge in [-0.2, -0.15) is 0 Å². The van der Waals surface area contributed by atoms with Crippen molar-refractivity contribution in [3.05, 3.63) is 77.4 Å². The van der Waals surface area contributed by atoms with E-state index in [0.29, 0.717) is 26.1 Å². The molecule has 6 rings (SSSR count). The number of imidazole rings is 1. The van der Waals surface area contributed by atoms with Crippen LogP contribution in [0.5, 0.6) is 5.75 Å². The highest BCUT2D eigenvalue weighted by Gasteiger charge is 2.60. The number of fused-ring (bicyclic) bond motifs is 6. The monoisotopic (exact) mass is 485 g/mol. The van der Waals surface area contributed by atoms with Gasteiger partial charge in [0, 0.05) is 44.3 Å². The Morgan fingerprint density at radius 1 is 1.14 bits per heavy atom. The van der Waals surface area contributed by atoms with E-state index in [1.54, 1.807) is 16.8 Å². The Hall–Kier alpha value is -3.65. The number of H-pyrrole nitrogens is 1. The Labute approximate surface area is 210 Å². The van der Waals surface area contributed by atoms with E-state index in [4.69, 9.17) is 4.74 Å². The Bertz CT molecular complexity index is 1320. The molecule has 3 aliphatic heterocycles. The highest BCUT2D eigenvalue weighted by molar-refractivity contribution is 6.11. The van der Waals surface area contributed by atoms with Gasteiger partial charge in [-0.25, -0.2) is 4.98 Å². The zero-order valence-electron chi connectivity index (χ0n) is 20.7. The fraction of sp³-hybridized carbons (Fsp3) is 0.393. The number of hydrogen-bond donors (Lipinski definition) is 1. The van der Waals surface area contributed by atoms with Crippen molar-refractivity contribution in [2.24, 2.45) is 0 Å². The van der Waals surface area contributed by atoms with Crippen LogP contribution in [0.3, 0.4) is 0 Å². The van der Waals surface area contributed by atoms with Gasteiger partial charge in [-0.15, -0.1) is 0 Å². The smallest absolute Gasteiger partial charge is 0.242 e. The van der Waals surface area contributed by atoms with Crippen LogP contribution in [0.4, 0.5) is 5.69 Å². The first-order chi connectivity index (χ1) is 17.5. The average Bonchev–Trinajstić information content (AvgIpc) is 3.53. The highest BCUT2D eigenvalue weighted by atomic mass is 16.5. The Morgan fingerprint density at radius 3 is 2.83 bits per heavy atom. The summed E-state index contributed by atoms with van der Waals surface area (Å²) < 4.78 is 6.09. The summed E-state index contributed by atoms with van der Waals surface area (Å²) in [5, 5.41) is 0.